The van der Waals surface area contributed by atoms with Gasteiger partial charge >= 0.3 is 0 Å². The third-order valence-corrected chi connectivity index (χ3v) is 3.80. The SMILES string of the molecule is CC(C)N(Cc1ccccc1)CC(O)c1ccc(O)c(N)c1. The summed E-state index contributed by atoms with van der Waals surface area (Å²) in [6.45, 7) is 5.52. The molecular weight excluding hydrogens is 276 g/mol. The lowest BCUT2D eigenvalue weighted by Gasteiger charge is -2.29. The van der Waals surface area contributed by atoms with E-state index in [0.717, 1.165) is 6.54 Å². The molecule has 0 amide bonds. The molecule has 0 aromatic heterocycles. The molecule has 1 unspecified atom stereocenters. The largest absolute Gasteiger partial charge is 0.506 e. The number of anilines is 1. The monoisotopic (exact) mass is 300 g/mol. The van der Waals surface area contributed by atoms with E-state index in [0.29, 0.717) is 18.2 Å². The van der Waals surface area contributed by atoms with Crippen LogP contribution in [0, 0.1) is 0 Å². The summed E-state index contributed by atoms with van der Waals surface area (Å²) >= 11 is 0. The summed E-state index contributed by atoms with van der Waals surface area (Å²) < 4.78 is 0. The van der Waals surface area contributed by atoms with Crippen LogP contribution in [0.15, 0.2) is 48.5 Å². The first kappa shape index (κ1) is 16.3. The zero-order valence-electron chi connectivity index (χ0n) is 13.1. The van der Waals surface area contributed by atoms with Crippen LogP contribution in [0.3, 0.4) is 0 Å². The molecule has 0 aliphatic heterocycles. The molecule has 4 N–H and O–H groups in total. The molecule has 0 saturated heterocycles. The lowest BCUT2D eigenvalue weighted by atomic mass is 10.1. The fourth-order valence-corrected chi connectivity index (χ4v) is 2.38. The Morgan fingerprint density at radius 3 is 2.36 bits per heavy atom. The maximum absolute atomic E-state index is 10.5. The van der Waals surface area contributed by atoms with E-state index >= 15 is 0 Å². The van der Waals surface area contributed by atoms with Crippen molar-refractivity contribution >= 4 is 5.69 Å². The van der Waals surface area contributed by atoms with Gasteiger partial charge in [0.25, 0.3) is 0 Å². The van der Waals surface area contributed by atoms with E-state index in [4.69, 9.17) is 5.73 Å². The number of phenolic OH excluding ortho intramolecular Hbond substituents is 1. The minimum Gasteiger partial charge on any atom is -0.506 e. The van der Waals surface area contributed by atoms with Crippen molar-refractivity contribution in [2.45, 2.75) is 32.5 Å². The van der Waals surface area contributed by atoms with Crippen LogP contribution in [0.25, 0.3) is 0 Å². The van der Waals surface area contributed by atoms with Gasteiger partial charge in [-0.1, -0.05) is 36.4 Å². The van der Waals surface area contributed by atoms with E-state index in [-0.39, 0.29) is 11.4 Å². The fraction of sp³-hybridized carbons (Fsp3) is 0.333. The Bertz CT molecular complexity index is 599. The Balaban J connectivity index is 2.08. The first-order chi connectivity index (χ1) is 10.5. The molecule has 0 saturated carbocycles. The molecule has 0 radical (unpaired) electrons. The third-order valence-electron chi connectivity index (χ3n) is 3.80. The van der Waals surface area contributed by atoms with Gasteiger partial charge < -0.3 is 15.9 Å². The Morgan fingerprint density at radius 2 is 1.77 bits per heavy atom. The molecule has 0 aliphatic carbocycles. The van der Waals surface area contributed by atoms with Gasteiger partial charge in [-0.15, -0.1) is 0 Å². The van der Waals surface area contributed by atoms with Crippen molar-refractivity contribution in [1.82, 2.24) is 4.90 Å². The van der Waals surface area contributed by atoms with Gasteiger partial charge in [-0.25, -0.2) is 0 Å². The summed E-state index contributed by atoms with van der Waals surface area (Å²) in [7, 11) is 0. The maximum atomic E-state index is 10.5. The van der Waals surface area contributed by atoms with Crippen LogP contribution in [-0.4, -0.2) is 27.7 Å². The van der Waals surface area contributed by atoms with E-state index in [1.807, 2.05) is 18.2 Å². The number of hydrogen-bond donors (Lipinski definition) is 3. The summed E-state index contributed by atoms with van der Waals surface area (Å²) in [5, 5.41) is 19.9. The van der Waals surface area contributed by atoms with Crippen LogP contribution in [0.4, 0.5) is 5.69 Å². The second kappa shape index (κ2) is 7.29. The lowest BCUT2D eigenvalue weighted by molar-refractivity contribution is 0.0908. The minimum atomic E-state index is -0.644. The van der Waals surface area contributed by atoms with Gasteiger partial charge in [0.15, 0.2) is 0 Å². The Morgan fingerprint density at radius 1 is 1.09 bits per heavy atom. The molecule has 0 heterocycles. The van der Waals surface area contributed by atoms with Crippen LogP contribution >= 0.6 is 0 Å². The van der Waals surface area contributed by atoms with Crippen LogP contribution in [0.1, 0.15) is 31.1 Å². The molecule has 22 heavy (non-hydrogen) atoms. The van der Waals surface area contributed by atoms with E-state index in [2.05, 4.69) is 30.9 Å². The van der Waals surface area contributed by atoms with Crippen LogP contribution < -0.4 is 5.73 Å². The first-order valence-corrected chi connectivity index (χ1v) is 7.52. The smallest absolute Gasteiger partial charge is 0.138 e. The van der Waals surface area contributed by atoms with Crippen LogP contribution in [0.2, 0.25) is 0 Å². The Hall–Kier alpha value is -2.04. The van der Waals surface area contributed by atoms with Gasteiger partial charge in [-0.2, -0.15) is 0 Å². The second-order valence-corrected chi connectivity index (χ2v) is 5.84. The molecule has 4 nitrogen and oxygen atoms in total. The molecule has 0 spiro atoms. The average Bonchev–Trinajstić information content (AvgIpc) is 2.50. The third kappa shape index (κ3) is 4.23. The van der Waals surface area contributed by atoms with Gasteiger partial charge in [0.05, 0.1) is 11.8 Å². The first-order valence-electron chi connectivity index (χ1n) is 7.52. The van der Waals surface area contributed by atoms with Crippen molar-refractivity contribution in [2.24, 2.45) is 0 Å². The van der Waals surface area contributed by atoms with Crippen molar-refractivity contribution in [2.75, 3.05) is 12.3 Å². The second-order valence-electron chi connectivity index (χ2n) is 5.84. The number of aliphatic hydroxyl groups excluding tert-OH is 1. The lowest BCUT2D eigenvalue weighted by Crippen LogP contribution is -2.34. The predicted octanol–water partition coefficient (Wildman–Crippen LogP) is 2.92. The zero-order chi connectivity index (χ0) is 16.1. The quantitative estimate of drug-likeness (QED) is 0.567. The molecule has 0 bridgehead atoms. The highest BCUT2D eigenvalue weighted by molar-refractivity contribution is 5.53. The predicted molar refractivity (Wildman–Crippen MR) is 89.5 cm³/mol. The zero-order valence-corrected chi connectivity index (χ0v) is 13.1. The van der Waals surface area contributed by atoms with E-state index in [1.54, 1.807) is 12.1 Å². The number of benzene rings is 2. The molecule has 2 aromatic rings. The summed E-state index contributed by atoms with van der Waals surface area (Å²) in [4.78, 5) is 2.21. The maximum Gasteiger partial charge on any atom is 0.138 e. The molecular formula is C18H24N2O2. The van der Waals surface area contributed by atoms with E-state index in [1.165, 1.54) is 11.6 Å². The van der Waals surface area contributed by atoms with Gasteiger partial charge in [0.1, 0.15) is 5.75 Å². The normalized spacial score (nSPS) is 12.8. The van der Waals surface area contributed by atoms with Gasteiger partial charge in [-0.05, 0) is 37.1 Å². The van der Waals surface area contributed by atoms with Gasteiger partial charge in [0, 0.05) is 19.1 Å². The highest BCUT2D eigenvalue weighted by Gasteiger charge is 2.17. The molecule has 1 atom stereocenters. The number of nitrogen functional groups attached to an aromatic ring is 1. The van der Waals surface area contributed by atoms with Crippen molar-refractivity contribution in [3.05, 3.63) is 59.7 Å². The number of hydrogen-bond acceptors (Lipinski definition) is 4. The number of phenols is 1. The molecule has 2 aromatic carbocycles. The molecule has 118 valence electrons. The molecule has 0 fully saturated rings. The van der Waals surface area contributed by atoms with E-state index in [9.17, 15) is 10.2 Å². The minimum absolute atomic E-state index is 0.0425. The van der Waals surface area contributed by atoms with Crippen LogP contribution in [0.5, 0.6) is 5.75 Å². The molecule has 4 heteroatoms. The number of nitrogens with two attached hydrogens (primary N) is 1. The number of aliphatic hydroxyl groups is 1. The standard InChI is InChI=1S/C18H24N2O2/c1-13(2)20(11-14-6-4-3-5-7-14)12-18(22)15-8-9-17(21)16(19)10-15/h3-10,13,18,21-22H,11-12,19H2,1-2H3. The highest BCUT2D eigenvalue weighted by Crippen LogP contribution is 2.25. The number of aromatic hydroxyl groups is 1. The Kier molecular flexibility index (Phi) is 5.41. The summed E-state index contributed by atoms with van der Waals surface area (Å²) in [5.74, 6) is 0.0425. The van der Waals surface area contributed by atoms with Crippen molar-refractivity contribution < 1.29 is 10.2 Å². The topological polar surface area (TPSA) is 69.7 Å². The van der Waals surface area contributed by atoms with Crippen LogP contribution in [-0.2, 0) is 6.54 Å². The Labute approximate surface area is 131 Å². The summed E-state index contributed by atoms with van der Waals surface area (Å²) in [6.07, 6.45) is -0.644. The molecule has 2 rings (SSSR count). The number of rotatable bonds is 6. The number of nitrogens with zero attached hydrogens (tertiary/aromatic N) is 1. The van der Waals surface area contributed by atoms with Crippen molar-refractivity contribution in [3.8, 4) is 5.75 Å². The molecule has 0 aliphatic rings. The summed E-state index contributed by atoms with van der Waals surface area (Å²) in [5.41, 5.74) is 7.92. The summed E-state index contributed by atoms with van der Waals surface area (Å²) in [6, 6.07) is 15.4. The van der Waals surface area contributed by atoms with E-state index < -0.39 is 6.10 Å². The fourth-order valence-electron chi connectivity index (χ4n) is 2.38. The van der Waals surface area contributed by atoms with Gasteiger partial charge in [-0.3, -0.25) is 4.90 Å². The highest BCUT2D eigenvalue weighted by atomic mass is 16.3. The van der Waals surface area contributed by atoms with Crippen molar-refractivity contribution in [3.63, 3.8) is 0 Å². The van der Waals surface area contributed by atoms with Gasteiger partial charge in [0.2, 0.25) is 0 Å². The van der Waals surface area contributed by atoms with Crippen molar-refractivity contribution in [1.29, 1.82) is 0 Å². The average molecular weight is 300 g/mol.